The first-order chi connectivity index (χ1) is 14.8. The van der Waals surface area contributed by atoms with Gasteiger partial charge in [-0.25, -0.2) is 4.79 Å². The summed E-state index contributed by atoms with van der Waals surface area (Å²) in [6.45, 7) is 4.78. The van der Waals surface area contributed by atoms with Crippen LogP contribution in [-0.2, 0) is 18.3 Å². The fourth-order valence-corrected chi connectivity index (χ4v) is 2.85. The molecule has 1 N–H and O–H groups in total. The molecule has 10 nitrogen and oxygen atoms in total. The molecule has 0 unspecified atom stereocenters. The zero-order valence-corrected chi connectivity index (χ0v) is 18.2. The standard InChI is InChI=1S/C20H23ClN6O4/c1-12(2)10-11-22-15(28)8-9-16-23-18(25-31-16)17-19(29)26(3)20(30)27(24-17)14-6-4-13(21)5-7-14/h4-7,12H,8-11H2,1-3H3,(H,22,28). The number of carbonyl (C=O) groups excluding carboxylic acids is 1. The third-order valence-electron chi connectivity index (χ3n) is 4.54. The Morgan fingerprint density at radius 3 is 2.61 bits per heavy atom. The third kappa shape index (κ3) is 5.46. The number of aryl methyl sites for hydroxylation is 1. The van der Waals surface area contributed by atoms with Crippen molar-refractivity contribution >= 4 is 17.5 Å². The van der Waals surface area contributed by atoms with Crippen LogP contribution in [0.2, 0.25) is 5.02 Å². The van der Waals surface area contributed by atoms with Crippen LogP contribution in [-0.4, -0.2) is 36.9 Å². The number of benzene rings is 1. The van der Waals surface area contributed by atoms with Crippen LogP contribution in [0, 0.1) is 5.92 Å². The number of aromatic nitrogens is 5. The molecule has 0 saturated heterocycles. The number of halogens is 1. The predicted octanol–water partition coefficient (Wildman–Crippen LogP) is 1.73. The molecule has 0 aliphatic rings. The monoisotopic (exact) mass is 446 g/mol. The van der Waals surface area contributed by atoms with E-state index in [0.29, 0.717) is 23.2 Å². The summed E-state index contributed by atoms with van der Waals surface area (Å²) < 4.78 is 7.14. The first-order valence-electron chi connectivity index (χ1n) is 9.82. The van der Waals surface area contributed by atoms with Gasteiger partial charge in [0.15, 0.2) is 5.69 Å². The van der Waals surface area contributed by atoms with Gasteiger partial charge in [-0.15, -0.1) is 0 Å². The van der Waals surface area contributed by atoms with Gasteiger partial charge in [-0.2, -0.15) is 14.8 Å². The van der Waals surface area contributed by atoms with Crippen LogP contribution >= 0.6 is 11.6 Å². The van der Waals surface area contributed by atoms with Crippen LogP contribution in [0.3, 0.4) is 0 Å². The second kappa shape index (κ2) is 9.69. The Morgan fingerprint density at radius 2 is 1.94 bits per heavy atom. The highest BCUT2D eigenvalue weighted by Gasteiger charge is 2.19. The Kier molecular flexibility index (Phi) is 7.01. The van der Waals surface area contributed by atoms with Crippen LogP contribution in [0.4, 0.5) is 0 Å². The quantitative estimate of drug-likeness (QED) is 0.558. The number of nitrogens with one attached hydrogen (secondary N) is 1. The molecule has 0 aliphatic heterocycles. The second-order valence-electron chi connectivity index (χ2n) is 7.43. The molecule has 164 valence electrons. The van der Waals surface area contributed by atoms with Crippen molar-refractivity contribution in [2.24, 2.45) is 13.0 Å². The van der Waals surface area contributed by atoms with Crippen molar-refractivity contribution in [1.29, 1.82) is 0 Å². The molecule has 2 heterocycles. The van der Waals surface area contributed by atoms with Crippen LogP contribution in [0.25, 0.3) is 17.2 Å². The molecule has 0 aliphatic carbocycles. The zero-order valence-electron chi connectivity index (χ0n) is 17.5. The average Bonchev–Trinajstić information content (AvgIpc) is 3.20. The van der Waals surface area contributed by atoms with Gasteiger partial charge in [-0.1, -0.05) is 30.6 Å². The summed E-state index contributed by atoms with van der Waals surface area (Å²) in [5.41, 5.74) is -1.01. The van der Waals surface area contributed by atoms with E-state index < -0.39 is 11.2 Å². The molecular weight excluding hydrogens is 424 g/mol. The first kappa shape index (κ1) is 22.4. The molecule has 0 saturated carbocycles. The van der Waals surface area contributed by atoms with Gasteiger partial charge in [-0.3, -0.25) is 14.2 Å². The minimum Gasteiger partial charge on any atom is -0.356 e. The third-order valence-corrected chi connectivity index (χ3v) is 4.79. The lowest BCUT2D eigenvalue weighted by atomic mass is 10.1. The lowest BCUT2D eigenvalue weighted by Crippen LogP contribution is -2.40. The Bertz CT molecular complexity index is 1180. The maximum Gasteiger partial charge on any atom is 0.351 e. The van der Waals surface area contributed by atoms with E-state index >= 15 is 0 Å². The minimum atomic E-state index is -0.658. The number of rotatable bonds is 8. The fourth-order valence-electron chi connectivity index (χ4n) is 2.73. The summed E-state index contributed by atoms with van der Waals surface area (Å²) in [7, 11) is 1.34. The number of nitrogens with zero attached hydrogens (tertiary/aromatic N) is 5. The summed E-state index contributed by atoms with van der Waals surface area (Å²) in [6.07, 6.45) is 1.29. The SMILES string of the molecule is CC(C)CCNC(=O)CCc1nc(-c2nn(-c3ccc(Cl)cc3)c(=O)n(C)c2=O)no1. The van der Waals surface area contributed by atoms with Crippen molar-refractivity contribution < 1.29 is 9.32 Å². The normalized spacial score (nSPS) is 11.1. The van der Waals surface area contributed by atoms with Crippen molar-refractivity contribution in [1.82, 2.24) is 29.8 Å². The molecule has 2 aromatic heterocycles. The Hall–Kier alpha value is -3.27. The topological polar surface area (TPSA) is 125 Å². The molecule has 1 amide bonds. The van der Waals surface area contributed by atoms with E-state index in [1.165, 1.54) is 7.05 Å². The van der Waals surface area contributed by atoms with Crippen LogP contribution in [0.1, 0.15) is 32.6 Å². The van der Waals surface area contributed by atoms with Crippen LogP contribution in [0.5, 0.6) is 0 Å². The van der Waals surface area contributed by atoms with Crippen molar-refractivity contribution in [3.8, 4) is 17.2 Å². The van der Waals surface area contributed by atoms with Crippen LogP contribution in [0.15, 0.2) is 38.4 Å². The van der Waals surface area contributed by atoms with Gasteiger partial charge in [0.25, 0.3) is 5.56 Å². The zero-order chi connectivity index (χ0) is 22.5. The Labute approximate surface area is 182 Å². The van der Waals surface area contributed by atoms with Gasteiger partial charge in [0, 0.05) is 31.5 Å². The van der Waals surface area contributed by atoms with E-state index in [-0.39, 0.29) is 36.2 Å². The molecule has 0 fully saturated rings. The lowest BCUT2D eigenvalue weighted by molar-refractivity contribution is -0.121. The van der Waals surface area contributed by atoms with Gasteiger partial charge < -0.3 is 9.84 Å². The number of carbonyl (C=O) groups is 1. The van der Waals surface area contributed by atoms with E-state index in [1.807, 2.05) is 0 Å². The van der Waals surface area contributed by atoms with Crippen molar-refractivity contribution in [3.63, 3.8) is 0 Å². The molecule has 0 bridgehead atoms. The van der Waals surface area contributed by atoms with Crippen molar-refractivity contribution in [2.75, 3.05) is 6.54 Å². The molecule has 11 heteroatoms. The smallest absolute Gasteiger partial charge is 0.351 e. The summed E-state index contributed by atoms with van der Waals surface area (Å²) in [5.74, 6) is 0.524. The fraction of sp³-hybridized carbons (Fsp3) is 0.400. The number of amides is 1. The largest absolute Gasteiger partial charge is 0.356 e. The average molecular weight is 447 g/mol. The Morgan fingerprint density at radius 1 is 1.23 bits per heavy atom. The molecular formula is C20H23ClN6O4. The summed E-state index contributed by atoms with van der Waals surface area (Å²) in [5, 5.41) is 11.3. The van der Waals surface area contributed by atoms with E-state index in [9.17, 15) is 14.4 Å². The maximum atomic E-state index is 12.6. The summed E-state index contributed by atoms with van der Waals surface area (Å²) in [6, 6.07) is 6.41. The highest BCUT2D eigenvalue weighted by Crippen LogP contribution is 2.13. The van der Waals surface area contributed by atoms with Gasteiger partial charge in [0.1, 0.15) is 0 Å². The minimum absolute atomic E-state index is 0.0569. The number of hydrogen-bond acceptors (Lipinski definition) is 7. The highest BCUT2D eigenvalue weighted by atomic mass is 35.5. The maximum absolute atomic E-state index is 12.6. The second-order valence-corrected chi connectivity index (χ2v) is 7.86. The Balaban J connectivity index is 1.80. The van der Waals surface area contributed by atoms with Crippen molar-refractivity contribution in [3.05, 3.63) is 56.0 Å². The lowest BCUT2D eigenvalue weighted by Gasteiger charge is -2.07. The van der Waals surface area contributed by atoms with E-state index in [0.717, 1.165) is 15.7 Å². The molecule has 0 radical (unpaired) electrons. The summed E-state index contributed by atoms with van der Waals surface area (Å²) in [4.78, 5) is 41.1. The molecule has 0 atom stereocenters. The van der Waals surface area contributed by atoms with Gasteiger partial charge in [0.05, 0.1) is 5.69 Å². The number of hydrogen-bond donors (Lipinski definition) is 1. The molecule has 31 heavy (non-hydrogen) atoms. The van der Waals surface area contributed by atoms with E-state index in [1.54, 1.807) is 24.3 Å². The molecule has 0 spiro atoms. The molecule has 3 aromatic rings. The summed E-state index contributed by atoms with van der Waals surface area (Å²) >= 11 is 5.90. The predicted molar refractivity (Wildman–Crippen MR) is 114 cm³/mol. The first-order valence-corrected chi connectivity index (χ1v) is 10.2. The van der Waals surface area contributed by atoms with Gasteiger partial charge in [0.2, 0.25) is 17.6 Å². The van der Waals surface area contributed by atoms with Crippen LogP contribution < -0.4 is 16.6 Å². The molecule has 1 aromatic carbocycles. The molecule has 3 rings (SSSR count). The van der Waals surface area contributed by atoms with E-state index in [2.05, 4.69) is 34.4 Å². The van der Waals surface area contributed by atoms with E-state index in [4.69, 9.17) is 16.1 Å². The van der Waals surface area contributed by atoms with Gasteiger partial charge >= 0.3 is 5.69 Å². The van der Waals surface area contributed by atoms with Crippen molar-refractivity contribution in [2.45, 2.75) is 33.1 Å². The highest BCUT2D eigenvalue weighted by molar-refractivity contribution is 6.30. The van der Waals surface area contributed by atoms with Gasteiger partial charge in [-0.05, 0) is 36.6 Å².